The van der Waals surface area contributed by atoms with Crippen LogP contribution in [0.1, 0.15) is 28.8 Å². The number of carbonyl (C=O) groups excluding carboxylic acids is 1. The van der Waals surface area contributed by atoms with Crippen molar-refractivity contribution >= 4 is 11.6 Å². The van der Waals surface area contributed by atoms with Crippen LogP contribution in [0.5, 0.6) is 5.75 Å². The van der Waals surface area contributed by atoms with Gasteiger partial charge in [0.15, 0.2) is 5.65 Å². The molecule has 0 unspecified atom stereocenters. The molecule has 1 N–H and O–H groups in total. The molecule has 2 aromatic heterocycles. The van der Waals surface area contributed by atoms with E-state index in [1.807, 2.05) is 24.3 Å². The molecule has 0 atom stereocenters. The lowest BCUT2D eigenvalue weighted by molar-refractivity contribution is 0.0951. The average Bonchev–Trinajstić information content (AvgIpc) is 3.17. The normalized spacial score (nSPS) is 15.7. The number of aromatic nitrogens is 3. The van der Waals surface area contributed by atoms with Crippen LogP contribution in [0.25, 0.3) is 5.65 Å². The Kier molecular flexibility index (Phi) is 5.02. The summed E-state index contributed by atoms with van der Waals surface area (Å²) in [7, 11) is 2.14. The van der Waals surface area contributed by atoms with Gasteiger partial charge in [0.05, 0.1) is 0 Å². The molecular weight excluding hydrogens is 342 g/mol. The smallest absolute Gasteiger partial charge is 0.251 e. The molecule has 7 nitrogen and oxygen atoms in total. The summed E-state index contributed by atoms with van der Waals surface area (Å²) in [4.78, 5) is 18.8. The van der Waals surface area contributed by atoms with Crippen molar-refractivity contribution < 1.29 is 9.53 Å². The Hall–Kier alpha value is -2.93. The average molecular weight is 365 g/mol. The molecule has 1 amide bonds. The third kappa shape index (κ3) is 4.25. The van der Waals surface area contributed by atoms with Crippen molar-refractivity contribution in [1.29, 1.82) is 0 Å². The SMILES string of the molecule is CN1CCC(Oc2ccc(CNC(=O)c3ccn4ncnc4c3)cc2)CC1. The predicted molar refractivity (Wildman–Crippen MR) is 102 cm³/mol. The second kappa shape index (κ2) is 7.75. The highest BCUT2D eigenvalue weighted by atomic mass is 16.5. The van der Waals surface area contributed by atoms with Gasteiger partial charge < -0.3 is 15.0 Å². The zero-order chi connectivity index (χ0) is 18.6. The van der Waals surface area contributed by atoms with E-state index in [-0.39, 0.29) is 5.91 Å². The minimum Gasteiger partial charge on any atom is -0.490 e. The molecule has 1 fully saturated rings. The summed E-state index contributed by atoms with van der Waals surface area (Å²) in [5.74, 6) is 0.754. The molecular formula is C20H23N5O2. The number of piperidine rings is 1. The van der Waals surface area contributed by atoms with Gasteiger partial charge in [-0.1, -0.05) is 12.1 Å². The van der Waals surface area contributed by atoms with Crippen LogP contribution >= 0.6 is 0 Å². The summed E-state index contributed by atoms with van der Waals surface area (Å²) in [6.45, 7) is 2.62. The predicted octanol–water partition coefficient (Wildman–Crippen LogP) is 2.13. The molecule has 0 spiro atoms. The number of rotatable bonds is 5. The first-order valence-corrected chi connectivity index (χ1v) is 9.19. The maximum Gasteiger partial charge on any atom is 0.251 e. The van der Waals surface area contributed by atoms with Gasteiger partial charge in [0, 0.05) is 31.4 Å². The second-order valence-electron chi connectivity index (χ2n) is 6.93. The van der Waals surface area contributed by atoms with Gasteiger partial charge in [-0.3, -0.25) is 4.79 Å². The first-order valence-electron chi connectivity index (χ1n) is 9.19. The number of amides is 1. The van der Waals surface area contributed by atoms with E-state index in [1.165, 1.54) is 6.33 Å². The fourth-order valence-corrected chi connectivity index (χ4v) is 3.22. The quantitative estimate of drug-likeness (QED) is 0.750. The molecule has 1 aromatic carbocycles. The van der Waals surface area contributed by atoms with Crippen LogP contribution in [-0.4, -0.2) is 51.6 Å². The van der Waals surface area contributed by atoms with Crippen molar-refractivity contribution in [3.05, 3.63) is 60.0 Å². The maximum atomic E-state index is 12.3. The summed E-state index contributed by atoms with van der Waals surface area (Å²) in [5, 5.41) is 6.96. The molecule has 4 rings (SSSR count). The maximum absolute atomic E-state index is 12.3. The number of ether oxygens (including phenoxy) is 1. The zero-order valence-corrected chi connectivity index (χ0v) is 15.3. The van der Waals surface area contributed by atoms with E-state index in [0.29, 0.717) is 23.9 Å². The van der Waals surface area contributed by atoms with Crippen LogP contribution in [0.3, 0.4) is 0 Å². The number of hydrogen-bond acceptors (Lipinski definition) is 5. The molecule has 140 valence electrons. The summed E-state index contributed by atoms with van der Waals surface area (Å²) in [5.41, 5.74) is 2.25. The molecule has 27 heavy (non-hydrogen) atoms. The van der Waals surface area contributed by atoms with Gasteiger partial charge in [0.25, 0.3) is 5.91 Å². The molecule has 1 aliphatic heterocycles. The Morgan fingerprint density at radius 2 is 2.00 bits per heavy atom. The number of hydrogen-bond donors (Lipinski definition) is 1. The minimum absolute atomic E-state index is 0.132. The van der Waals surface area contributed by atoms with Crippen molar-refractivity contribution in [1.82, 2.24) is 24.8 Å². The van der Waals surface area contributed by atoms with Crippen LogP contribution in [0, 0.1) is 0 Å². The molecule has 0 bridgehead atoms. The van der Waals surface area contributed by atoms with Crippen molar-refractivity contribution in [2.75, 3.05) is 20.1 Å². The summed E-state index contributed by atoms with van der Waals surface area (Å²) in [6.07, 6.45) is 5.60. The Balaban J connectivity index is 1.31. The monoisotopic (exact) mass is 365 g/mol. The highest BCUT2D eigenvalue weighted by molar-refractivity contribution is 5.94. The summed E-state index contributed by atoms with van der Waals surface area (Å²) >= 11 is 0. The van der Waals surface area contributed by atoms with Crippen molar-refractivity contribution in [3.63, 3.8) is 0 Å². The topological polar surface area (TPSA) is 71.8 Å². The fraction of sp³-hybridized carbons (Fsp3) is 0.350. The Labute approximate surface area is 158 Å². The van der Waals surface area contributed by atoms with E-state index in [4.69, 9.17) is 4.74 Å². The molecule has 1 saturated heterocycles. The van der Waals surface area contributed by atoms with E-state index >= 15 is 0 Å². The second-order valence-corrected chi connectivity index (χ2v) is 6.93. The molecule has 0 radical (unpaired) electrons. The molecule has 1 aliphatic rings. The number of pyridine rings is 1. The molecule has 0 saturated carbocycles. The van der Waals surface area contributed by atoms with Gasteiger partial charge in [-0.05, 0) is 49.7 Å². The zero-order valence-electron chi connectivity index (χ0n) is 15.3. The van der Waals surface area contributed by atoms with E-state index in [2.05, 4.69) is 27.3 Å². The highest BCUT2D eigenvalue weighted by Crippen LogP contribution is 2.19. The molecule has 3 heterocycles. The van der Waals surface area contributed by atoms with Crippen molar-refractivity contribution in [2.24, 2.45) is 0 Å². The van der Waals surface area contributed by atoms with Gasteiger partial charge in [-0.15, -0.1) is 0 Å². The molecule has 0 aliphatic carbocycles. The van der Waals surface area contributed by atoms with E-state index in [9.17, 15) is 4.79 Å². The molecule has 7 heteroatoms. The Morgan fingerprint density at radius 3 is 2.78 bits per heavy atom. The van der Waals surface area contributed by atoms with Crippen LogP contribution in [-0.2, 0) is 6.54 Å². The van der Waals surface area contributed by atoms with Crippen LogP contribution in [0.2, 0.25) is 0 Å². The number of nitrogens with zero attached hydrogens (tertiary/aromatic N) is 4. The largest absolute Gasteiger partial charge is 0.490 e. The van der Waals surface area contributed by atoms with Crippen LogP contribution in [0.4, 0.5) is 0 Å². The number of nitrogens with one attached hydrogen (secondary N) is 1. The van der Waals surface area contributed by atoms with Gasteiger partial charge in [0.2, 0.25) is 0 Å². The first-order chi connectivity index (χ1) is 13.2. The first kappa shape index (κ1) is 17.5. The lowest BCUT2D eigenvalue weighted by Crippen LogP contribution is -2.35. The third-order valence-electron chi connectivity index (χ3n) is 4.89. The van der Waals surface area contributed by atoms with Crippen LogP contribution < -0.4 is 10.1 Å². The van der Waals surface area contributed by atoms with E-state index in [0.717, 1.165) is 37.2 Å². The van der Waals surface area contributed by atoms with Crippen molar-refractivity contribution in [3.8, 4) is 5.75 Å². The third-order valence-corrected chi connectivity index (χ3v) is 4.89. The van der Waals surface area contributed by atoms with Gasteiger partial charge in [-0.25, -0.2) is 9.50 Å². The minimum atomic E-state index is -0.132. The van der Waals surface area contributed by atoms with Gasteiger partial charge in [-0.2, -0.15) is 5.10 Å². The lowest BCUT2D eigenvalue weighted by atomic mass is 10.1. The number of benzene rings is 1. The molecule has 3 aromatic rings. The fourth-order valence-electron chi connectivity index (χ4n) is 3.22. The van der Waals surface area contributed by atoms with E-state index < -0.39 is 0 Å². The number of fused-ring (bicyclic) bond motifs is 1. The summed E-state index contributed by atoms with van der Waals surface area (Å²) in [6, 6.07) is 11.4. The van der Waals surface area contributed by atoms with Crippen LogP contribution in [0.15, 0.2) is 48.9 Å². The van der Waals surface area contributed by atoms with E-state index in [1.54, 1.807) is 22.8 Å². The Morgan fingerprint density at radius 1 is 1.22 bits per heavy atom. The number of likely N-dealkylation sites (tertiary alicyclic amines) is 1. The number of carbonyl (C=O) groups is 1. The summed E-state index contributed by atoms with van der Waals surface area (Å²) < 4.78 is 7.68. The highest BCUT2D eigenvalue weighted by Gasteiger charge is 2.17. The lowest BCUT2D eigenvalue weighted by Gasteiger charge is -2.29. The Bertz CT molecular complexity index is 914. The standard InChI is InChI=1S/C20H23N5O2/c1-24-9-7-18(8-10-24)27-17-4-2-15(3-5-17)13-21-20(26)16-6-11-25-19(12-16)22-14-23-25/h2-6,11-12,14,18H,7-10,13H2,1H3,(H,21,26). The van der Waals surface area contributed by atoms with Crippen molar-refractivity contribution in [2.45, 2.75) is 25.5 Å². The van der Waals surface area contributed by atoms with Gasteiger partial charge >= 0.3 is 0 Å². The van der Waals surface area contributed by atoms with Gasteiger partial charge in [0.1, 0.15) is 18.2 Å².